The fraction of sp³-hybridized carbons (Fsp3) is 0.467. The number of carbonyl (C=O) groups excluding carboxylic acids is 2. The lowest BCUT2D eigenvalue weighted by molar-refractivity contribution is -0.126. The molecule has 6 heteroatoms. The highest BCUT2D eigenvalue weighted by molar-refractivity contribution is 5.98. The molecule has 1 aromatic rings. The lowest BCUT2D eigenvalue weighted by atomic mass is 10.2. The molecule has 0 radical (unpaired) electrons. The number of β-amino-alcohol motifs (C(OH)–C–C–N with tert-alkyl or cyclic N) is 1. The molecule has 6 nitrogen and oxygen atoms in total. The summed E-state index contributed by atoms with van der Waals surface area (Å²) < 4.78 is 0. The predicted octanol–water partition coefficient (Wildman–Crippen LogP) is -0.585. The number of nitrogens with one attached hydrogen (secondary N) is 2. The Bertz CT molecular complexity index is 561. The third-order valence-electron chi connectivity index (χ3n) is 4.03. The van der Waals surface area contributed by atoms with E-state index >= 15 is 0 Å². The van der Waals surface area contributed by atoms with Gasteiger partial charge in [0.25, 0.3) is 0 Å². The second kappa shape index (κ2) is 5.83. The third-order valence-corrected chi connectivity index (χ3v) is 4.03. The Hall–Kier alpha value is -1.92. The van der Waals surface area contributed by atoms with Crippen LogP contribution in [-0.4, -0.2) is 48.7 Å². The third kappa shape index (κ3) is 2.91. The summed E-state index contributed by atoms with van der Waals surface area (Å²) in [6.07, 6.45) is 0.764. The summed E-state index contributed by atoms with van der Waals surface area (Å²) in [5.74, 6) is -0.334. The van der Waals surface area contributed by atoms with E-state index in [4.69, 9.17) is 0 Å². The summed E-state index contributed by atoms with van der Waals surface area (Å²) in [6, 6.07) is 7.42. The summed E-state index contributed by atoms with van der Waals surface area (Å²) in [5.41, 5.74) is 2.10. The van der Waals surface area contributed by atoms with Gasteiger partial charge in [-0.15, -0.1) is 0 Å². The summed E-state index contributed by atoms with van der Waals surface area (Å²) >= 11 is 0. The molecule has 2 aliphatic heterocycles. The number of anilines is 1. The van der Waals surface area contributed by atoms with Gasteiger partial charge in [0.1, 0.15) is 0 Å². The Kier molecular flexibility index (Phi) is 3.90. The van der Waals surface area contributed by atoms with Gasteiger partial charge >= 0.3 is 0 Å². The van der Waals surface area contributed by atoms with Crippen molar-refractivity contribution in [3.63, 3.8) is 0 Å². The molecular formula is C15H19N3O3. The van der Waals surface area contributed by atoms with Crippen LogP contribution in [0, 0.1) is 0 Å². The number of nitrogens with zero attached hydrogens (tertiary/aromatic N) is 1. The fourth-order valence-electron chi connectivity index (χ4n) is 2.90. The molecule has 1 fully saturated rings. The fourth-order valence-corrected chi connectivity index (χ4v) is 2.90. The first kappa shape index (κ1) is 14.0. The Morgan fingerprint density at radius 3 is 2.95 bits per heavy atom. The Balaban J connectivity index is 1.54. The van der Waals surface area contributed by atoms with E-state index in [2.05, 4.69) is 10.6 Å². The summed E-state index contributed by atoms with van der Waals surface area (Å²) in [4.78, 5) is 25.8. The standard InChI is InChI=1S/C15H19N3O3/c19-11-7-12(16-8-11)15(21)17-9-14(20)18-6-5-10-3-1-2-4-13(10)18/h1-4,11-12,16,19H,5-9H2,(H,17,21). The maximum absolute atomic E-state index is 12.2. The van der Waals surface area contributed by atoms with Gasteiger partial charge < -0.3 is 20.6 Å². The minimum Gasteiger partial charge on any atom is -0.392 e. The number of hydrogen-bond donors (Lipinski definition) is 3. The summed E-state index contributed by atoms with van der Waals surface area (Å²) in [5, 5.41) is 15.0. The van der Waals surface area contributed by atoms with Crippen molar-refractivity contribution in [1.29, 1.82) is 0 Å². The van der Waals surface area contributed by atoms with E-state index in [-0.39, 0.29) is 18.4 Å². The average molecular weight is 289 g/mol. The van der Waals surface area contributed by atoms with Gasteiger partial charge in [-0.25, -0.2) is 0 Å². The Labute approximate surface area is 123 Å². The molecule has 2 amide bonds. The van der Waals surface area contributed by atoms with Crippen molar-refractivity contribution in [2.24, 2.45) is 0 Å². The van der Waals surface area contributed by atoms with Crippen LogP contribution < -0.4 is 15.5 Å². The van der Waals surface area contributed by atoms with Gasteiger partial charge in [0.2, 0.25) is 11.8 Å². The topological polar surface area (TPSA) is 81.7 Å². The predicted molar refractivity (Wildman–Crippen MR) is 77.9 cm³/mol. The van der Waals surface area contributed by atoms with Crippen molar-refractivity contribution in [3.05, 3.63) is 29.8 Å². The minimum atomic E-state index is -0.484. The number of para-hydroxylation sites is 1. The van der Waals surface area contributed by atoms with Crippen molar-refractivity contribution < 1.29 is 14.7 Å². The zero-order chi connectivity index (χ0) is 14.8. The van der Waals surface area contributed by atoms with Crippen LogP contribution in [-0.2, 0) is 16.0 Å². The number of rotatable bonds is 3. The monoisotopic (exact) mass is 289 g/mol. The first-order chi connectivity index (χ1) is 10.1. The highest BCUT2D eigenvalue weighted by atomic mass is 16.3. The van der Waals surface area contributed by atoms with Crippen LogP contribution >= 0.6 is 0 Å². The highest BCUT2D eigenvalue weighted by Gasteiger charge is 2.29. The van der Waals surface area contributed by atoms with Crippen molar-refractivity contribution in [1.82, 2.24) is 10.6 Å². The molecule has 3 rings (SSSR count). The summed E-state index contributed by atoms with van der Waals surface area (Å²) in [7, 11) is 0. The number of carbonyl (C=O) groups is 2. The number of fused-ring (bicyclic) bond motifs is 1. The Morgan fingerprint density at radius 2 is 2.19 bits per heavy atom. The molecule has 0 spiro atoms. The number of benzene rings is 1. The van der Waals surface area contributed by atoms with Crippen LogP contribution in [0.2, 0.25) is 0 Å². The van der Waals surface area contributed by atoms with Crippen LogP contribution in [0.4, 0.5) is 5.69 Å². The molecule has 2 unspecified atom stereocenters. The molecular weight excluding hydrogens is 270 g/mol. The van der Waals surface area contributed by atoms with E-state index in [0.717, 1.165) is 17.7 Å². The zero-order valence-corrected chi connectivity index (χ0v) is 11.7. The maximum atomic E-state index is 12.2. The second-order valence-electron chi connectivity index (χ2n) is 5.49. The van der Waals surface area contributed by atoms with Gasteiger partial charge in [0.05, 0.1) is 18.7 Å². The van der Waals surface area contributed by atoms with Crippen LogP contribution in [0.25, 0.3) is 0 Å². The molecule has 0 bridgehead atoms. The lowest BCUT2D eigenvalue weighted by Crippen LogP contribution is -2.45. The van der Waals surface area contributed by atoms with E-state index in [1.54, 1.807) is 4.90 Å². The molecule has 2 aliphatic rings. The Morgan fingerprint density at radius 1 is 1.38 bits per heavy atom. The van der Waals surface area contributed by atoms with Gasteiger partial charge in [-0.05, 0) is 24.5 Å². The molecule has 21 heavy (non-hydrogen) atoms. The number of aliphatic hydroxyl groups excluding tert-OH is 1. The minimum absolute atomic E-state index is 0.0125. The van der Waals surface area contributed by atoms with Gasteiger partial charge in [-0.3, -0.25) is 9.59 Å². The molecule has 1 saturated heterocycles. The molecule has 0 aliphatic carbocycles. The van der Waals surface area contributed by atoms with E-state index in [1.807, 2.05) is 24.3 Å². The van der Waals surface area contributed by atoms with E-state index in [0.29, 0.717) is 19.5 Å². The number of amides is 2. The molecule has 2 atom stereocenters. The normalized spacial score (nSPS) is 24.0. The van der Waals surface area contributed by atoms with Gasteiger partial charge in [0.15, 0.2) is 0 Å². The average Bonchev–Trinajstić information content (AvgIpc) is 3.10. The van der Waals surface area contributed by atoms with Crippen molar-refractivity contribution in [3.8, 4) is 0 Å². The van der Waals surface area contributed by atoms with Crippen molar-refractivity contribution in [2.75, 3.05) is 24.5 Å². The van der Waals surface area contributed by atoms with Crippen molar-refractivity contribution >= 4 is 17.5 Å². The first-order valence-electron chi connectivity index (χ1n) is 7.22. The number of aliphatic hydroxyl groups is 1. The van der Waals surface area contributed by atoms with Crippen LogP contribution in [0.15, 0.2) is 24.3 Å². The molecule has 2 heterocycles. The first-order valence-corrected chi connectivity index (χ1v) is 7.22. The largest absolute Gasteiger partial charge is 0.392 e. The number of hydrogen-bond acceptors (Lipinski definition) is 4. The molecule has 1 aromatic carbocycles. The smallest absolute Gasteiger partial charge is 0.246 e. The van der Waals surface area contributed by atoms with Crippen LogP contribution in [0.3, 0.4) is 0 Å². The quantitative estimate of drug-likeness (QED) is 0.695. The van der Waals surface area contributed by atoms with Crippen LogP contribution in [0.5, 0.6) is 0 Å². The lowest BCUT2D eigenvalue weighted by Gasteiger charge is -2.18. The van der Waals surface area contributed by atoms with E-state index in [1.165, 1.54) is 0 Å². The molecule has 112 valence electrons. The molecule has 3 N–H and O–H groups in total. The van der Waals surface area contributed by atoms with Crippen molar-refractivity contribution in [2.45, 2.75) is 25.0 Å². The van der Waals surface area contributed by atoms with E-state index < -0.39 is 12.1 Å². The summed E-state index contributed by atoms with van der Waals surface area (Å²) in [6.45, 7) is 1.07. The highest BCUT2D eigenvalue weighted by Crippen LogP contribution is 2.27. The SMILES string of the molecule is O=C(NCC(=O)N1CCc2ccccc21)C1CC(O)CN1. The molecule has 0 saturated carbocycles. The van der Waals surface area contributed by atoms with Gasteiger partial charge in [0, 0.05) is 18.8 Å². The van der Waals surface area contributed by atoms with Gasteiger partial charge in [-0.2, -0.15) is 0 Å². The second-order valence-corrected chi connectivity index (χ2v) is 5.49. The van der Waals surface area contributed by atoms with E-state index in [9.17, 15) is 14.7 Å². The van der Waals surface area contributed by atoms with Crippen LogP contribution in [0.1, 0.15) is 12.0 Å². The zero-order valence-electron chi connectivity index (χ0n) is 11.7. The molecule has 0 aromatic heterocycles. The maximum Gasteiger partial charge on any atom is 0.246 e. The van der Waals surface area contributed by atoms with Gasteiger partial charge in [-0.1, -0.05) is 18.2 Å².